The summed E-state index contributed by atoms with van der Waals surface area (Å²) in [6.07, 6.45) is 2.62. The van der Waals surface area contributed by atoms with Crippen molar-refractivity contribution in [1.82, 2.24) is 20.1 Å². The fraction of sp³-hybridized carbons (Fsp3) is 0.188. The molecule has 0 amide bonds. The maximum absolute atomic E-state index is 5.90. The predicted octanol–water partition coefficient (Wildman–Crippen LogP) is 2.59. The van der Waals surface area contributed by atoms with Crippen molar-refractivity contribution in [2.24, 2.45) is 10.7 Å². The highest BCUT2D eigenvalue weighted by atomic mass is 127. The fourth-order valence-electron chi connectivity index (χ4n) is 2.15. The number of thiophene rings is 1. The summed E-state index contributed by atoms with van der Waals surface area (Å²) in [7, 11) is 0. The summed E-state index contributed by atoms with van der Waals surface area (Å²) in [5, 5.41) is 13.3. The Balaban J connectivity index is 0.00000208. The lowest BCUT2D eigenvalue weighted by atomic mass is 10.3. The van der Waals surface area contributed by atoms with Crippen LogP contribution in [0.4, 0.5) is 0 Å². The minimum absolute atomic E-state index is 0. The third-order valence-electron chi connectivity index (χ3n) is 3.30. The first-order valence-corrected chi connectivity index (χ1v) is 8.21. The smallest absolute Gasteiger partial charge is 0.189 e. The van der Waals surface area contributed by atoms with Gasteiger partial charge in [0.1, 0.15) is 12.9 Å². The molecule has 0 saturated heterocycles. The van der Waals surface area contributed by atoms with E-state index < -0.39 is 0 Å². The number of guanidine groups is 1. The lowest BCUT2D eigenvalue weighted by Crippen LogP contribution is -2.33. The van der Waals surface area contributed by atoms with E-state index in [-0.39, 0.29) is 24.0 Å². The third-order valence-corrected chi connectivity index (χ3v) is 4.24. The van der Waals surface area contributed by atoms with Crippen LogP contribution in [-0.4, -0.2) is 27.3 Å². The molecule has 3 aromatic rings. The van der Waals surface area contributed by atoms with Crippen molar-refractivity contribution in [2.45, 2.75) is 13.0 Å². The van der Waals surface area contributed by atoms with Gasteiger partial charge in [-0.25, -0.2) is 4.99 Å². The number of benzene rings is 1. The van der Waals surface area contributed by atoms with Crippen LogP contribution in [-0.2, 0) is 13.0 Å². The quantitative estimate of drug-likeness (QED) is 0.341. The summed E-state index contributed by atoms with van der Waals surface area (Å²) in [5.74, 6) is 1.17. The van der Waals surface area contributed by atoms with Gasteiger partial charge < -0.3 is 11.1 Å². The van der Waals surface area contributed by atoms with Gasteiger partial charge in [0.15, 0.2) is 11.8 Å². The Bertz CT molecular complexity index is 754. The zero-order chi connectivity index (χ0) is 15.9. The molecule has 0 unspecified atom stereocenters. The Morgan fingerprint density at radius 2 is 2.04 bits per heavy atom. The van der Waals surface area contributed by atoms with Crippen LogP contribution < -0.4 is 11.1 Å². The minimum Gasteiger partial charge on any atom is -0.370 e. The second-order valence-corrected chi connectivity index (χ2v) is 5.94. The number of halogens is 1. The molecule has 24 heavy (non-hydrogen) atoms. The van der Waals surface area contributed by atoms with Crippen molar-refractivity contribution in [3.63, 3.8) is 0 Å². The molecule has 0 saturated carbocycles. The van der Waals surface area contributed by atoms with Crippen molar-refractivity contribution < 1.29 is 0 Å². The van der Waals surface area contributed by atoms with Crippen molar-refractivity contribution in [2.75, 3.05) is 6.54 Å². The van der Waals surface area contributed by atoms with Gasteiger partial charge in [-0.05, 0) is 30.0 Å². The second kappa shape index (κ2) is 9.38. The molecule has 3 rings (SSSR count). The van der Waals surface area contributed by atoms with E-state index in [2.05, 4.69) is 32.0 Å². The number of rotatable bonds is 6. The molecule has 2 heterocycles. The number of para-hydroxylation sites is 1. The molecule has 0 aliphatic carbocycles. The lowest BCUT2D eigenvalue weighted by molar-refractivity contribution is 0.826. The molecule has 6 nitrogen and oxygen atoms in total. The number of nitrogens with two attached hydrogens (primary N) is 1. The van der Waals surface area contributed by atoms with Crippen LogP contribution in [0.1, 0.15) is 10.7 Å². The van der Waals surface area contributed by atoms with Gasteiger partial charge in [0, 0.05) is 17.1 Å². The Kier molecular flexibility index (Phi) is 7.19. The van der Waals surface area contributed by atoms with Gasteiger partial charge in [0.05, 0.1) is 0 Å². The van der Waals surface area contributed by atoms with Gasteiger partial charge >= 0.3 is 0 Å². The SMILES string of the molecule is I.NC(=NCc1nncn1-c1ccccc1)NCCc1cccs1. The van der Waals surface area contributed by atoms with Gasteiger partial charge in [0.25, 0.3) is 0 Å². The third kappa shape index (κ3) is 5.03. The van der Waals surface area contributed by atoms with E-state index in [0.717, 1.165) is 24.5 Å². The van der Waals surface area contributed by atoms with Crippen LogP contribution in [0.3, 0.4) is 0 Å². The van der Waals surface area contributed by atoms with Gasteiger partial charge in [-0.2, -0.15) is 0 Å². The summed E-state index contributed by atoms with van der Waals surface area (Å²) in [6.45, 7) is 1.15. The Morgan fingerprint density at radius 3 is 2.79 bits per heavy atom. The summed E-state index contributed by atoms with van der Waals surface area (Å²) >= 11 is 1.74. The lowest BCUT2D eigenvalue weighted by Gasteiger charge is -2.06. The Morgan fingerprint density at radius 1 is 1.21 bits per heavy atom. The normalized spacial score (nSPS) is 11.1. The van der Waals surface area contributed by atoms with Crippen LogP contribution in [0.25, 0.3) is 5.69 Å². The molecule has 2 aromatic heterocycles. The molecule has 3 N–H and O–H groups in total. The zero-order valence-electron chi connectivity index (χ0n) is 13.0. The average Bonchev–Trinajstić information content (AvgIpc) is 3.25. The van der Waals surface area contributed by atoms with E-state index in [4.69, 9.17) is 5.73 Å². The van der Waals surface area contributed by atoms with Crippen LogP contribution in [0.5, 0.6) is 0 Å². The second-order valence-electron chi connectivity index (χ2n) is 4.91. The van der Waals surface area contributed by atoms with Crippen LogP contribution in [0.15, 0.2) is 59.2 Å². The topological polar surface area (TPSA) is 81.1 Å². The van der Waals surface area contributed by atoms with Crippen LogP contribution in [0, 0.1) is 0 Å². The first-order valence-electron chi connectivity index (χ1n) is 7.33. The van der Waals surface area contributed by atoms with Crippen molar-refractivity contribution in [3.05, 3.63) is 64.9 Å². The number of nitrogens with one attached hydrogen (secondary N) is 1. The average molecular weight is 454 g/mol. The van der Waals surface area contributed by atoms with E-state index in [1.807, 2.05) is 41.0 Å². The van der Waals surface area contributed by atoms with Gasteiger partial charge in [-0.1, -0.05) is 24.3 Å². The molecule has 0 spiro atoms. The van der Waals surface area contributed by atoms with E-state index in [0.29, 0.717) is 12.5 Å². The minimum atomic E-state index is 0. The van der Waals surface area contributed by atoms with E-state index in [1.54, 1.807) is 17.7 Å². The maximum Gasteiger partial charge on any atom is 0.189 e. The molecule has 1 aromatic carbocycles. The highest BCUT2D eigenvalue weighted by molar-refractivity contribution is 14.0. The molecular weight excluding hydrogens is 435 g/mol. The summed E-state index contributed by atoms with van der Waals surface area (Å²) in [4.78, 5) is 5.66. The summed E-state index contributed by atoms with van der Waals surface area (Å²) < 4.78 is 1.91. The van der Waals surface area contributed by atoms with Gasteiger partial charge in [-0.15, -0.1) is 45.5 Å². The number of hydrogen-bond donors (Lipinski definition) is 2. The maximum atomic E-state index is 5.90. The number of nitrogens with zero attached hydrogens (tertiary/aromatic N) is 4. The molecule has 0 aliphatic heterocycles. The first kappa shape index (κ1) is 18.4. The van der Waals surface area contributed by atoms with Gasteiger partial charge in [0.2, 0.25) is 0 Å². The predicted molar refractivity (Wildman–Crippen MR) is 108 cm³/mol. The zero-order valence-corrected chi connectivity index (χ0v) is 16.1. The number of aromatic nitrogens is 3. The number of aliphatic imine (C=N–C) groups is 1. The molecule has 8 heteroatoms. The molecule has 0 aliphatic rings. The summed E-state index contributed by atoms with van der Waals surface area (Å²) in [6, 6.07) is 14.1. The standard InChI is InChI=1S/C16H18N6S.HI/c17-16(18-9-8-14-7-4-10-23-14)19-11-15-21-20-12-22(15)13-5-2-1-3-6-13;/h1-7,10,12H,8-9,11H2,(H3,17,18,19);1H. The highest BCUT2D eigenvalue weighted by Gasteiger charge is 2.05. The Labute approximate surface area is 161 Å². The molecule has 0 bridgehead atoms. The van der Waals surface area contributed by atoms with E-state index in [9.17, 15) is 0 Å². The Hall–Kier alpha value is -1.94. The molecule has 0 fully saturated rings. The van der Waals surface area contributed by atoms with E-state index in [1.165, 1.54) is 4.88 Å². The number of hydrogen-bond acceptors (Lipinski definition) is 4. The molecule has 0 atom stereocenters. The monoisotopic (exact) mass is 454 g/mol. The van der Waals surface area contributed by atoms with Crippen molar-refractivity contribution in [3.8, 4) is 5.69 Å². The fourth-order valence-corrected chi connectivity index (χ4v) is 2.86. The summed E-state index contributed by atoms with van der Waals surface area (Å²) in [5.41, 5.74) is 6.91. The molecular formula is C16H19IN6S. The van der Waals surface area contributed by atoms with Crippen molar-refractivity contribution >= 4 is 41.3 Å². The molecule has 0 radical (unpaired) electrons. The largest absolute Gasteiger partial charge is 0.370 e. The van der Waals surface area contributed by atoms with Crippen molar-refractivity contribution in [1.29, 1.82) is 0 Å². The van der Waals surface area contributed by atoms with E-state index >= 15 is 0 Å². The first-order chi connectivity index (χ1) is 11.3. The van der Waals surface area contributed by atoms with Crippen LogP contribution >= 0.6 is 35.3 Å². The molecule has 126 valence electrons. The highest BCUT2D eigenvalue weighted by Crippen LogP contribution is 2.10. The van der Waals surface area contributed by atoms with Crippen LogP contribution in [0.2, 0.25) is 0 Å². The van der Waals surface area contributed by atoms with Gasteiger partial charge in [-0.3, -0.25) is 4.57 Å².